The molecule has 2 atom stereocenters. The summed E-state index contributed by atoms with van der Waals surface area (Å²) in [6, 6.07) is 3.64. The van der Waals surface area contributed by atoms with Gasteiger partial charge < -0.3 is 18.9 Å². The van der Waals surface area contributed by atoms with Crippen LogP contribution >= 0.6 is 23.2 Å². The number of alkyl halides is 1. The van der Waals surface area contributed by atoms with E-state index in [0.717, 1.165) is 12.0 Å². The molecule has 2 heterocycles. The van der Waals surface area contributed by atoms with Crippen molar-refractivity contribution in [3.05, 3.63) is 22.7 Å². The van der Waals surface area contributed by atoms with Gasteiger partial charge in [0, 0.05) is 12.0 Å². The lowest BCUT2D eigenvalue weighted by atomic mass is 10.2. The summed E-state index contributed by atoms with van der Waals surface area (Å²) in [5.41, 5.74) is 0.821. The smallest absolute Gasteiger partial charge is 0.184 e. The Morgan fingerprint density at radius 3 is 2.84 bits per heavy atom. The van der Waals surface area contributed by atoms with Gasteiger partial charge in [0.2, 0.25) is 0 Å². The molecule has 3 rings (SSSR count). The third-order valence-corrected chi connectivity index (χ3v) is 3.64. The van der Waals surface area contributed by atoms with Crippen molar-refractivity contribution in [1.29, 1.82) is 0 Å². The highest BCUT2D eigenvalue weighted by Gasteiger charge is 2.28. The van der Waals surface area contributed by atoms with Gasteiger partial charge in [-0.3, -0.25) is 0 Å². The monoisotopic (exact) mass is 304 g/mol. The van der Waals surface area contributed by atoms with Crippen molar-refractivity contribution in [1.82, 2.24) is 0 Å². The Hall–Kier alpha value is -0.680. The van der Waals surface area contributed by atoms with Crippen molar-refractivity contribution in [3.63, 3.8) is 0 Å². The van der Waals surface area contributed by atoms with Gasteiger partial charge in [0.25, 0.3) is 0 Å². The van der Waals surface area contributed by atoms with E-state index >= 15 is 0 Å². The largest absolute Gasteiger partial charge is 0.489 e. The molecule has 1 fully saturated rings. The molecule has 1 saturated heterocycles. The zero-order valence-corrected chi connectivity index (χ0v) is 11.7. The van der Waals surface area contributed by atoms with E-state index in [2.05, 4.69) is 0 Å². The van der Waals surface area contributed by atoms with Crippen LogP contribution in [0.4, 0.5) is 0 Å². The lowest BCUT2D eigenvalue weighted by molar-refractivity contribution is -0.0568. The van der Waals surface area contributed by atoms with Crippen molar-refractivity contribution in [3.8, 4) is 11.5 Å². The lowest BCUT2D eigenvalue weighted by Crippen LogP contribution is -2.10. The third-order valence-electron chi connectivity index (χ3n) is 3.02. The van der Waals surface area contributed by atoms with E-state index in [9.17, 15) is 0 Å². The molecule has 1 aromatic carbocycles. The molecule has 0 saturated carbocycles. The summed E-state index contributed by atoms with van der Waals surface area (Å²) in [7, 11) is 0. The minimum absolute atomic E-state index is 0.0820. The Labute approximate surface area is 121 Å². The van der Waals surface area contributed by atoms with E-state index in [-0.39, 0.29) is 6.10 Å². The van der Waals surface area contributed by atoms with E-state index in [1.807, 2.05) is 6.07 Å². The molecule has 19 heavy (non-hydrogen) atoms. The van der Waals surface area contributed by atoms with Crippen LogP contribution in [0.15, 0.2) is 12.1 Å². The van der Waals surface area contributed by atoms with Crippen LogP contribution in [0.1, 0.15) is 18.3 Å². The molecular formula is C13H14Cl2O4. The molecule has 0 aromatic heterocycles. The van der Waals surface area contributed by atoms with Crippen LogP contribution in [-0.4, -0.2) is 31.8 Å². The average Bonchev–Trinajstić information content (AvgIpc) is 2.77. The van der Waals surface area contributed by atoms with Crippen LogP contribution in [-0.2, 0) is 9.47 Å². The Bertz CT molecular complexity index is 466. The molecule has 1 aromatic rings. The van der Waals surface area contributed by atoms with Crippen molar-refractivity contribution in [2.45, 2.75) is 18.8 Å². The van der Waals surface area contributed by atoms with Crippen molar-refractivity contribution in [2.24, 2.45) is 0 Å². The Morgan fingerprint density at radius 1 is 1.21 bits per heavy atom. The lowest BCUT2D eigenvalue weighted by Gasteiger charge is -2.15. The molecule has 104 valence electrons. The van der Waals surface area contributed by atoms with Crippen molar-refractivity contribution in [2.75, 3.05) is 25.7 Å². The van der Waals surface area contributed by atoms with E-state index in [1.54, 1.807) is 6.07 Å². The zero-order valence-electron chi connectivity index (χ0n) is 10.2. The molecule has 6 heteroatoms. The first-order valence-electron chi connectivity index (χ1n) is 6.20. The first-order chi connectivity index (χ1) is 9.28. The first-order valence-corrected chi connectivity index (χ1v) is 7.11. The van der Waals surface area contributed by atoms with Crippen LogP contribution in [0.2, 0.25) is 5.02 Å². The van der Waals surface area contributed by atoms with Gasteiger partial charge in [-0.25, -0.2) is 0 Å². The van der Waals surface area contributed by atoms with Gasteiger partial charge >= 0.3 is 0 Å². The van der Waals surface area contributed by atoms with Crippen LogP contribution in [0.5, 0.6) is 11.5 Å². The Kier molecular flexibility index (Phi) is 4.03. The topological polar surface area (TPSA) is 36.9 Å². The zero-order chi connectivity index (χ0) is 13.2. The third kappa shape index (κ3) is 2.77. The maximum absolute atomic E-state index is 6.23. The van der Waals surface area contributed by atoms with E-state index < -0.39 is 6.29 Å². The first kappa shape index (κ1) is 13.3. The SMILES string of the molecule is ClCC1COC(c2cc(Cl)c3c(c2)OCCCO3)O1. The Balaban J connectivity index is 1.87. The highest BCUT2D eigenvalue weighted by atomic mass is 35.5. The number of halogens is 2. The molecule has 0 N–H and O–H groups in total. The maximum atomic E-state index is 6.23. The van der Waals surface area contributed by atoms with E-state index in [0.29, 0.717) is 42.2 Å². The highest BCUT2D eigenvalue weighted by Crippen LogP contribution is 2.41. The fraction of sp³-hybridized carbons (Fsp3) is 0.538. The summed E-state index contributed by atoms with van der Waals surface area (Å²) in [4.78, 5) is 0. The van der Waals surface area contributed by atoms with Crippen LogP contribution in [0.25, 0.3) is 0 Å². The summed E-state index contributed by atoms with van der Waals surface area (Å²) < 4.78 is 22.4. The normalized spacial score (nSPS) is 26.2. The summed E-state index contributed by atoms with van der Waals surface area (Å²) in [6.45, 7) is 1.71. The maximum Gasteiger partial charge on any atom is 0.184 e. The molecule has 2 aliphatic heterocycles. The second-order valence-corrected chi connectivity index (χ2v) is 5.17. The molecule has 2 aliphatic rings. The van der Waals surface area contributed by atoms with E-state index in [4.69, 9.17) is 42.1 Å². The number of hydrogen-bond donors (Lipinski definition) is 0. The number of hydrogen-bond acceptors (Lipinski definition) is 4. The van der Waals surface area contributed by atoms with Crippen LogP contribution in [0.3, 0.4) is 0 Å². The van der Waals surface area contributed by atoms with Crippen molar-refractivity contribution >= 4 is 23.2 Å². The quantitative estimate of drug-likeness (QED) is 0.787. The average molecular weight is 305 g/mol. The number of rotatable bonds is 2. The minimum atomic E-state index is -0.446. The van der Waals surface area contributed by atoms with Crippen molar-refractivity contribution < 1.29 is 18.9 Å². The predicted octanol–water partition coefficient (Wildman–Crippen LogP) is 3.15. The van der Waals surface area contributed by atoms with Gasteiger partial charge in [-0.1, -0.05) is 11.6 Å². The summed E-state index contributed by atoms with van der Waals surface area (Å²) >= 11 is 12.0. The second kappa shape index (κ2) is 5.75. The molecule has 0 aliphatic carbocycles. The number of benzene rings is 1. The highest BCUT2D eigenvalue weighted by molar-refractivity contribution is 6.32. The minimum Gasteiger partial charge on any atom is -0.489 e. The summed E-state index contributed by atoms with van der Waals surface area (Å²) in [6.07, 6.45) is 0.310. The number of ether oxygens (including phenoxy) is 4. The summed E-state index contributed by atoms with van der Waals surface area (Å²) in [5, 5.41) is 0.510. The molecule has 0 bridgehead atoms. The standard InChI is InChI=1S/C13H14Cl2O4/c14-6-9-7-18-13(19-9)8-4-10(15)12-11(5-8)16-2-1-3-17-12/h4-5,9,13H,1-3,6-7H2. The molecule has 0 spiro atoms. The molecule has 2 unspecified atom stereocenters. The summed E-state index contributed by atoms with van der Waals surface area (Å²) in [5.74, 6) is 1.64. The molecule has 4 nitrogen and oxygen atoms in total. The predicted molar refractivity (Wildman–Crippen MR) is 71.3 cm³/mol. The Morgan fingerprint density at radius 2 is 2.05 bits per heavy atom. The molecular weight excluding hydrogens is 291 g/mol. The fourth-order valence-corrected chi connectivity index (χ4v) is 2.53. The van der Waals surface area contributed by atoms with E-state index in [1.165, 1.54) is 0 Å². The van der Waals surface area contributed by atoms with Gasteiger partial charge in [-0.15, -0.1) is 11.6 Å². The van der Waals surface area contributed by atoms with Crippen LogP contribution < -0.4 is 9.47 Å². The van der Waals surface area contributed by atoms with Gasteiger partial charge in [-0.2, -0.15) is 0 Å². The van der Waals surface area contributed by atoms with Gasteiger partial charge in [-0.05, 0) is 12.1 Å². The molecule has 0 amide bonds. The van der Waals surface area contributed by atoms with Gasteiger partial charge in [0.1, 0.15) is 0 Å². The van der Waals surface area contributed by atoms with Crippen LogP contribution in [0, 0.1) is 0 Å². The van der Waals surface area contributed by atoms with Gasteiger partial charge in [0.05, 0.1) is 36.8 Å². The van der Waals surface area contributed by atoms with Gasteiger partial charge in [0.15, 0.2) is 17.8 Å². The molecule has 0 radical (unpaired) electrons. The fourth-order valence-electron chi connectivity index (χ4n) is 2.09. The number of fused-ring (bicyclic) bond motifs is 1. The second-order valence-electron chi connectivity index (χ2n) is 4.46.